The lowest BCUT2D eigenvalue weighted by atomic mass is 9.58. The summed E-state index contributed by atoms with van der Waals surface area (Å²) < 4.78 is 0. The maximum atomic E-state index is 13.0. The zero-order valence-corrected chi connectivity index (χ0v) is 17.8. The topological polar surface area (TPSA) is 76.6 Å². The Morgan fingerprint density at radius 3 is 2.74 bits per heavy atom. The Bertz CT molecular complexity index is 1210. The van der Waals surface area contributed by atoms with Crippen LogP contribution < -0.4 is 5.56 Å². The van der Waals surface area contributed by atoms with Crippen molar-refractivity contribution in [2.75, 3.05) is 26.7 Å². The minimum Gasteiger partial charge on any atom is -0.508 e. The van der Waals surface area contributed by atoms with Crippen LogP contribution >= 0.6 is 0 Å². The number of likely N-dealkylation sites (N-methyl/N-ethyl adjacent to an activating group) is 1. The predicted octanol–water partition coefficient (Wildman–Crippen LogP) is 1.94. The highest BCUT2D eigenvalue weighted by Gasteiger charge is 2.73. The molecule has 3 heterocycles. The lowest BCUT2D eigenvalue weighted by Gasteiger charge is -2.58. The second-order valence-electron chi connectivity index (χ2n) is 10.6. The van der Waals surface area contributed by atoms with Gasteiger partial charge in [-0.25, -0.2) is 0 Å². The van der Waals surface area contributed by atoms with Crippen molar-refractivity contribution < 1.29 is 9.90 Å². The summed E-state index contributed by atoms with van der Waals surface area (Å²) in [6.45, 7) is 2.55. The summed E-state index contributed by atoms with van der Waals surface area (Å²) in [5.41, 5.74) is 4.96. The summed E-state index contributed by atoms with van der Waals surface area (Å²) in [5, 5.41) is 10.3. The first-order valence-corrected chi connectivity index (χ1v) is 11.5. The number of fused-ring (bicyclic) bond motifs is 3. The number of rotatable bonds is 1. The first-order valence-electron chi connectivity index (χ1n) is 11.5. The van der Waals surface area contributed by atoms with E-state index in [2.05, 4.69) is 23.0 Å². The molecule has 7 rings (SSSR count). The number of aromatic nitrogens is 1. The molecule has 5 aliphatic rings. The third-order valence-corrected chi connectivity index (χ3v) is 9.14. The average Bonchev–Trinajstić information content (AvgIpc) is 3.40. The number of carbonyl (C=O) groups excluding carboxylic acids is 1. The van der Waals surface area contributed by atoms with Gasteiger partial charge in [-0.05, 0) is 80.0 Å². The fourth-order valence-electron chi connectivity index (χ4n) is 8.16. The number of hydrogen-bond donors (Lipinski definition) is 2. The number of amides is 1. The standard InChI is InChI=1S/C25H27N3O3/c1-27-13-25-12-24(18-10-15(29)4-5-17(18)25)11-20-14(9-19(24)21(25)27)8-16(22(30)26-20)23(31)28-6-2-3-7-28/h4-5,8,10,19,21,29H,2-3,6-7,9,11-13H2,1H3,(H,26,30)/t19-,21-,24-,25?/m0/s1. The van der Waals surface area contributed by atoms with Crippen LogP contribution in [0.4, 0.5) is 0 Å². The Balaban J connectivity index is 1.35. The van der Waals surface area contributed by atoms with Crippen LogP contribution in [-0.4, -0.2) is 58.5 Å². The van der Waals surface area contributed by atoms with E-state index in [4.69, 9.17) is 0 Å². The van der Waals surface area contributed by atoms with Crippen LogP contribution in [-0.2, 0) is 23.7 Å². The number of H-pyrrole nitrogens is 1. The third-order valence-electron chi connectivity index (χ3n) is 9.14. The summed E-state index contributed by atoms with van der Waals surface area (Å²) in [6.07, 6.45) is 4.78. The van der Waals surface area contributed by atoms with Gasteiger partial charge in [0.2, 0.25) is 0 Å². The Hall–Kier alpha value is -2.60. The molecule has 2 aromatic rings. The number of benzene rings is 1. The van der Waals surface area contributed by atoms with E-state index < -0.39 is 0 Å². The molecule has 2 bridgehead atoms. The molecular formula is C25H27N3O3. The van der Waals surface area contributed by atoms with Gasteiger partial charge in [0.15, 0.2) is 0 Å². The van der Waals surface area contributed by atoms with Crippen molar-refractivity contribution in [2.24, 2.45) is 5.92 Å². The number of nitrogens with zero attached hydrogens (tertiary/aromatic N) is 2. The lowest BCUT2D eigenvalue weighted by Crippen LogP contribution is -2.66. The molecular weight excluding hydrogens is 390 g/mol. The molecule has 2 N–H and O–H groups in total. The fraction of sp³-hybridized carbons (Fsp3) is 0.520. The quantitative estimate of drug-likeness (QED) is 0.744. The number of aromatic amines is 1. The Labute approximate surface area is 180 Å². The molecule has 6 nitrogen and oxygen atoms in total. The zero-order valence-electron chi connectivity index (χ0n) is 17.8. The van der Waals surface area contributed by atoms with Gasteiger partial charge in [-0.15, -0.1) is 0 Å². The highest BCUT2D eigenvalue weighted by atomic mass is 16.3. The van der Waals surface area contributed by atoms with Crippen LogP contribution in [0.1, 0.15) is 52.0 Å². The van der Waals surface area contributed by atoms with Crippen LogP contribution in [0.15, 0.2) is 29.1 Å². The first kappa shape index (κ1) is 18.0. The van der Waals surface area contributed by atoms with Crippen molar-refractivity contribution in [3.63, 3.8) is 0 Å². The summed E-state index contributed by atoms with van der Waals surface area (Å²) in [6, 6.07) is 8.31. The second kappa shape index (κ2) is 5.60. The van der Waals surface area contributed by atoms with Gasteiger partial charge in [0.25, 0.3) is 11.5 Å². The van der Waals surface area contributed by atoms with E-state index in [-0.39, 0.29) is 22.3 Å². The van der Waals surface area contributed by atoms with Gasteiger partial charge in [0.05, 0.1) is 0 Å². The number of pyridine rings is 1. The van der Waals surface area contributed by atoms with Crippen LogP contribution in [0.25, 0.3) is 0 Å². The molecule has 2 aliphatic heterocycles. The molecule has 6 heteroatoms. The third kappa shape index (κ3) is 2.03. The number of phenols is 1. The number of nitrogens with one attached hydrogen (secondary N) is 1. The van der Waals surface area contributed by atoms with Gasteiger partial charge in [-0.3, -0.25) is 9.59 Å². The van der Waals surface area contributed by atoms with Crippen molar-refractivity contribution in [1.82, 2.24) is 14.8 Å². The Morgan fingerprint density at radius 2 is 1.97 bits per heavy atom. The van der Waals surface area contributed by atoms with Gasteiger partial charge >= 0.3 is 0 Å². The first-order chi connectivity index (χ1) is 14.9. The van der Waals surface area contributed by atoms with E-state index in [0.717, 1.165) is 63.0 Å². The van der Waals surface area contributed by atoms with E-state index in [9.17, 15) is 14.7 Å². The average molecular weight is 418 g/mol. The molecule has 3 fully saturated rings. The van der Waals surface area contributed by atoms with E-state index in [1.165, 1.54) is 11.1 Å². The van der Waals surface area contributed by atoms with Crippen molar-refractivity contribution >= 4 is 5.91 Å². The fourth-order valence-corrected chi connectivity index (χ4v) is 8.16. The largest absolute Gasteiger partial charge is 0.508 e. The van der Waals surface area contributed by atoms with Gasteiger partial charge in [0, 0.05) is 42.2 Å². The lowest BCUT2D eigenvalue weighted by molar-refractivity contribution is -0.00145. The number of likely N-dealkylation sites (tertiary alicyclic amines) is 2. The van der Waals surface area contributed by atoms with Gasteiger partial charge < -0.3 is 19.9 Å². The monoisotopic (exact) mass is 417 g/mol. The molecule has 1 aromatic carbocycles. The zero-order chi connectivity index (χ0) is 21.1. The summed E-state index contributed by atoms with van der Waals surface area (Å²) in [7, 11) is 2.22. The van der Waals surface area contributed by atoms with Gasteiger partial charge in [-0.1, -0.05) is 6.07 Å². The highest BCUT2D eigenvalue weighted by Crippen LogP contribution is 2.71. The Morgan fingerprint density at radius 1 is 1.16 bits per heavy atom. The smallest absolute Gasteiger partial charge is 0.261 e. The Kier molecular flexibility index (Phi) is 3.25. The van der Waals surface area contributed by atoms with E-state index in [1.807, 2.05) is 23.1 Å². The maximum Gasteiger partial charge on any atom is 0.261 e. The summed E-state index contributed by atoms with van der Waals surface area (Å²) in [4.78, 5) is 33.3. The molecule has 2 saturated heterocycles. The predicted molar refractivity (Wildman–Crippen MR) is 116 cm³/mol. The summed E-state index contributed by atoms with van der Waals surface area (Å²) in [5.74, 6) is 0.641. The minimum absolute atomic E-state index is 0.0417. The molecule has 1 aromatic heterocycles. The normalized spacial score (nSPS) is 34.7. The van der Waals surface area contributed by atoms with E-state index >= 15 is 0 Å². The molecule has 2 spiro atoms. The molecule has 1 amide bonds. The number of hydrogen-bond acceptors (Lipinski definition) is 4. The van der Waals surface area contributed by atoms with Crippen LogP contribution in [0, 0.1) is 5.92 Å². The van der Waals surface area contributed by atoms with Crippen LogP contribution in [0.2, 0.25) is 0 Å². The van der Waals surface area contributed by atoms with Crippen molar-refractivity contribution in [2.45, 2.75) is 49.0 Å². The number of carbonyl (C=O) groups is 1. The SMILES string of the molecule is CN1CC23C[C@@]4(Cc5[nH]c(=O)c(C(=O)N6CCCC6)cc5C[C@H]4[C@H]12)c1cc(O)ccc13. The molecule has 3 aliphatic carbocycles. The molecule has 160 valence electrons. The second-order valence-corrected chi connectivity index (χ2v) is 10.6. The van der Waals surface area contributed by atoms with Crippen LogP contribution in [0.3, 0.4) is 0 Å². The van der Waals surface area contributed by atoms with Crippen molar-refractivity contribution in [3.05, 3.63) is 62.6 Å². The van der Waals surface area contributed by atoms with E-state index in [1.54, 1.807) is 0 Å². The minimum atomic E-state index is -0.257. The van der Waals surface area contributed by atoms with Gasteiger partial charge in [0.1, 0.15) is 11.3 Å². The summed E-state index contributed by atoms with van der Waals surface area (Å²) >= 11 is 0. The highest BCUT2D eigenvalue weighted by molar-refractivity contribution is 5.94. The molecule has 4 atom stereocenters. The van der Waals surface area contributed by atoms with E-state index in [0.29, 0.717) is 23.3 Å². The molecule has 1 saturated carbocycles. The number of phenolic OH excluding ortho intramolecular Hbond substituents is 1. The van der Waals surface area contributed by atoms with Crippen molar-refractivity contribution in [1.29, 1.82) is 0 Å². The molecule has 31 heavy (non-hydrogen) atoms. The number of aromatic hydroxyl groups is 1. The molecule has 0 radical (unpaired) electrons. The maximum absolute atomic E-state index is 13.0. The van der Waals surface area contributed by atoms with Crippen molar-refractivity contribution in [3.8, 4) is 5.75 Å². The van der Waals surface area contributed by atoms with Crippen LogP contribution in [0.5, 0.6) is 5.75 Å². The van der Waals surface area contributed by atoms with Gasteiger partial charge in [-0.2, -0.15) is 0 Å². The molecule has 1 unspecified atom stereocenters.